The van der Waals surface area contributed by atoms with E-state index in [0.717, 1.165) is 31.4 Å². The van der Waals surface area contributed by atoms with E-state index in [0.29, 0.717) is 17.6 Å². The summed E-state index contributed by atoms with van der Waals surface area (Å²) < 4.78 is 6.90. The molecule has 1 aromatic heterocycles. The number of ether oxygens (including phenoxy) is 1. The third-order valence-corrected chi connectivity index (χ3v) is 4.44. The molecule has 0 saturated heterocycles. The highest BCUT2D eigenvalue weighted by Crippen LogP contribution is 2.26. The van der Waals surface area contributed by atoms with Crippen molar-refractivity contribution >= 4 is 21.6 Å². The zero-order valence-electron chi connectivity index (χ0n) is 12.6. The molecule has 0 aliphatic heterocycles. The Hall–Kier alpha value is -0.920. The van der Waals surface area contributed by atoms with Crippen LogP contribution >= 0.6 is 15.9 Å². The fourth-order valence-corrected chi connectivity index (χ4v) is 2.75. The van der Waals surface area contributed by atoms with Crippen LogP contribution in [0.1, 0.15) is 19.8 Å². The van der Waals surface area contributed by atoms with Gasteiger partial charge in [0.25, 0.3) is 5.56 Å². The van der Waals surface area contributed by atoms with Crippen LogP contribution < -0.4 is 10.9 Å². The molecule has 1 aliphatic carbocycles. The molecule has 1 fully saturated rings. The summed E-state index contributed by atoms with van der Waals surface area (Å²) in [5.41, 5.74) is 0.618. The second-order valence-corrected chi connectivity index (χ2v) is 5.97. The van der Waals surface area contributed by atoms with Crippen molar-refractivity contribution in [1.29, 1.82) is 0 Å². The quantitative estimate of drug-likeness (QED) is 0.725. The summed E-state index contributed by atoms with van der Waals surface area (Å²) in [6, 6.07) is 0.764. The zero-order valence-corrected chi connectivity index (χ0v) is 14.2. The van der Waals surface area contributed by atoms with Crippen LogP contribution in [0.4, 0.5) is 5.69 Å². The number of hydrogen-bond acceptors (Lipinski definition) is 5. The maximum Gasteiger partial charge on any atom is 0.283 e. The second-order valence-electron chi connectivity index (χ2n) is 5.18. The van der Waals surface area contributed by atoms with Gasteiger partial charge in [-0.1, -0.05) is 6.92 Å². The molecule has 0 atom stereocenters. The lowest BCUT2D eigenvalue weighted by atomic mass is 10.4. The maximum absolute atomic E-state index is 12.1. The third kappa shape index (κ3) is 4.52. The monoisotopic (exact) mass is 358 g/mol. The van der Waals surface area contributed by atoms with Gasteiger partial charge in [0, 0.05) is 26.2 Å². The fourth-order valence-electron chi connectivity index (χ4n) is 2.30. The summed E-state index contributed by atoms with van der Waals surface area (Å²) in [7, 11) is 1.61. The molecule has 0 bridgehead atoms. The topological polar surface area (TPSA) is 59.4 Å². The van der Waals surface area contributed by atoms with Crippen LogP contribution in [-0.2, 0) is 11.3 Å². The highest BCUT2D eigenvalue weighted by molar-refractivity contribution is 9.10. The molecule has 118 valence electrons. The van der Waals surface area contributed by atoms with Crippen molar-refractivity contribution < 1.29 is 4.74 Å². The van der Waals surface area contributed by atoms with Crippen LogP contribution in [0.5, 0.6) is 0 Å². The number of anilines is 1. The summed E-state index contributed by atoms with van der Waals surface area (Å²) >= 11 is 3.36. The van der Waals surface area contributed by atoms with Crippen LogP contribution in [0.3, 0.4) is 0 Å². The number of halogens is 1. The molecular formula is C14H23BrN4O2. The fraction of sp³-hybridized carbons (Fsp3) is 0.714. The van der Waals surface area contributed by atoms with E-state index in [1.165, 1.54) is 17.5 Å². The lowest BCUT2D eigenvalue weighted by Gasteiger charge is -2.20. The van der Waals surface area contributed by atoms with Crippen molar-refractivity contribution in [1.82, 2.24) is 14.7 Å². The molecule has 1 heterocycles. The predicted molar refractivity (Wildman–Crippen MR) is 86.8 cm³/mol. The summed E-state index contributed by atoms with van der Waals surface area (Å²) in [5, 5.41) is 7.45. The van der Waals surface area contributed by atoms with Gasteiger partial charge in [-0.05, 0) is 35.3 Å². The van der Waals surface area contributed by atoms with Crippen LogP contribution in [-0.4, -0.2) is 54.1 Å². The molecular weight excluding hydrogens is 336 g/mol. The van der Waals surface area contributed by atoms with Crippen molar-refractivity contribution in [2.24, 2.45) is 0 Å². The SMILES string of the molecule is CCN(CCNc1cnn(CCOC)c(=O)c1Br)C1CC1. The standard InChI is InChI=1S/C14H23BrN4O2/c1-3-18(11-4-5-11)7-6-16-12-10-17-19(8-9-21-2)14(20)13(12)15/h10-11,16H,3-9H2,1-2H3. The molecule has 0 amide bonds. The van der Waals surface area contributed by atoms with Gasteiger partial charge in [0.2, 0.25) is 0 Å². The molecule has 0 aromatic carbocycles. The molecule has 1 saturated carbocycles. The molecule has 1 aliphatic rings. The van der Waals surface area contributed by atoms with Gasteiger partial charge in [-0.25, -0.2) is 4.68 Å². The van der Waals surface area contributed by atoms with E-state index >= 15 is 0 Å². The number of rotatable bonds is 9. The van der Waals surface area contributed by atoms with Gasteiger partial charge in [0.15, 0.2) is 0 Å². The van der Waals surface area contributed by atoms with E-state index in [-0.39, 0.29) is 5.56 Å². The molecule has 21 heavy (non-hydrogen) atoms. The largest absolute Gasteiger partial charge is 0.383 e. The average Bonchev–Trinajstić information content (AvgIpc) is 3.31. The van der Waals surface area contributed by atoms with Gasteiger partial charge < -0.3 is 10.1 Å². The zero-order chi connectivity index (χ0) is 15.2. The minimum absolute atomic E-state index is 0.133. The Morgan fingerprint density at radius 3 is 2.95 bits per heavy atom. The first kappa shape index (κ1) is 16.5. The van der Waals surface area contributed by atoms with Crippen LogP contribution in [0.2, 0.25) is 0 Å². The number of methoxy groups -OCH3 is 1. The molecule has 0 unspecified atom stereocenters. The Kier molecular flexibility index (Phi) is 6.20. The normalized spacial score (nSPS) is 14.7. The average molecular weight is 359 g/mol. The Morgan fingerprint density at radius 2 is 2.33 bits per heavy atom. The third-order valence-electron chi connectivity index (χ3n) is 3.68. The predicted octanol–water partition coefficient (Wildman–Crippen LogP) is 1.55. The molecule has 0 spiro atoms. The van der Waals surface area contributed by atoms with Gasteiger partial charge in [-0.2, -0.15) is 5.10 Å². The molecule has 6 nitrogen and oxygen atoms in total. The summed E-state index contributed by atoms with van der Waals surface area (Å²) in [6.07, 6.45) is 4.32. The highest BCUT2D eigenvalue weighted by Gasteiger charge is 2.27. The second kappa shape index (κ2) is 7.91. The van der Waals surface area contributed by atoms with Gasteiger partial charge >= 0.3 is 0 Å². The van der Waals surface area contributed by atoms with E-state index in [1.807, 2.05) is 0 Å². The Morgan fingerprint density at radius 1 is 1.57 bits per heavy atom. The van der Waals surface area contributed by atoms with Crippen molar-refractivity contribution in [2.45, 2.75) is 32.4 Å². The highest BCUT2D eigenvalue weighted by atomic mass is 79.9. The number of likely N-dealkylation sites (N-methyl/N-ethyl adjacent to an activating group) is 1. The van der Waals surface area contributed by atoms with Crippen molar-refractivity contribution in [3.63, 3.8) is 0 Å². The van der Waals surface area contributed by atoms with Gasteiger partial charge in [0.05, 0.1) is 25.0 Å². The van der Waals surface area contributed by atoms with E-state index in [2.05, 4.69) is 38.2 Å². The smallest absolute Gasteiger partial charge is 0.283 e. The molecule has 1 N–H and O–H groups in total. The molecule has 7 heteroatoms. The minimum Gasteiger partial charge on any atom is -0.383 e. The van der Waals surface area contributed by atoms with Crippen LogP contribution in [0, 0.1) is 0 Å². The number of nitrogens with zero attached hydrogens (tertiary/aromatic N) is 3. The first-order valence-electron chi connectivity index (χ1n) is 7.39. The first-order valence-corrected chi connectivity index (χ1v) is 8.19. The van der Waals surface area contributed by atoms with E-state index in [1.54, 1.807) is 13.3 Å². The Bertz CT molecular complexity index is 516. The minimum atomic E-state index is -0.133. The molecule has 2 rings (SSSR count). The van der Waals surface area contributed by atoms with Crippen molar-refractivity contribution in [2.75, 3.05) is 38.7 Å². The van der Waals surface area contributed by atoms with E-state index < -0.39 is 0 Å². The first-order chi connectivity index (χ1) is 10.2. The summed E-state index contributed by atoms with van der Waals surface area (Å²) in [5.74, 6) is 0. The van der Waals surface area contributed by atoms with Crippen molar-refractivity contribution in [3.05, 3.63) is 21.0 Å². The summed E-state index contributed by atoms with van der Waals surface area (Å²) in [6.45, 7) is 5.99. The van der Waals surface area contributed by atoms with Crippen LogP contribution in [0.25, 0.3) is 0 Å². The lowest BCUT2D eigenvalue weighted by molar-refractivity contribution is 0.181. The van der Waals surface area contributed by atoms with Gasteiger partial charge in [-0.15, -0.1) is 0 Å². The Balaban J connectivity index is 1.91. The number of aromatic nitrogens is 2. The van der Waals surface area contributed by atoms with Crippen LogP contribution in [0.15, 0.2) is 15.5 Å². The van der Waals surface area contributed by atoms with E-state index in [4.69, 9.17) is 4.74 Å². The molecule has 1 aromatic rings. The maximum atomic E-state index is 12.1. The number of hydrogen-bond donors (Lipinski definition) is 1. The molecule has 0 radical (unpaired) electrons. The summed E-state index contributed by atoms with van der Waals surface area (Å²) in [4.78, 5) is 14.6. The van der Waals surface area contributed by atoms with Gasteiger partial charge in [-0.3, -0.25) is 9.69 Å². The lowest BCUT2D eigenvalue weighted by Crippen LogP contribution is -2.31. The number of nitrogens with one attached hydrogen (secondary N) is 1. The van der Waals surface area contributed by atoms with Gasteiger partial charge in [0.1, 0.15) is 4.47 Å². The Labute approximate surface area is 133 Å². The van der Waals surface area contributed by atoms with E-state index in [9.17, 15) is 4.79 Å². The van der Waals surface area contributed by atoms with Crippen molar-refractivity contribution in [3.8, 4) is 0 Å².